The molecule has 0 amide bonds. The van der Waals surface area contributed by atoms with Gasteiger partial charge in [0.15, 0.2) is 6.10 Å². The van der Waals surface area contributed by atoms with E-state index in [1.165, 1.54) is 19.3 Å². The van der Waals surface area contributed by atoms with Gasteiger partial charge in [0.2, 0.25) is 0 Å². The minimum atomic E-state index is -0.925. The molecule has 1 unspecified atom stereocenters. The normalized spacial score (nSPS) is 29.5. The zero-order valence-corrected chi connectivity index (χ0v) is 15.7. The van der Waals surface area contributed by atoms with E-state index in [4.69, 9.17) is 19.3 Å². The Hall–Kier alpha value is -0.910. The molecule has 0 radical (unpaired) electrons. The largest absolute Gasteiger partial charge is 0.479 e. The highest BCUT2D eigenvalue weighted by molar-refractivity contribution is 5.71. The lowest BCUT2D eigenvalue weighted by atomic mass is 9.78. The van der Waals surface area contributed by atoms with Gasteiger partial charge in [-0.2, -0.15) is 0 Å². The van der Waals surface area contributed by atoms with Crippen LogP contribution < -0.4 is 0 Å². The highest BCUT2D eigenvalue weighted by atomic mass is 16.5. The molecule has 0 saturated carbocycles. The monoisotopic (exact) mass is 354 g/mol. The molecule has 25 heavy (non-hydrogen) atoms. The SMILES string of the molecule is CCCCCCOC[C@@H]1C(C/C=C\CO[C@H](C)C(=O)O)[C@@H]2CC[C@H]1O2. The van der Waals surface area contributed by atoms with Crippen molar-refractivity contribution in [1.82, 2.24) is 0 Å². The zero-order valence-electron chi connectivity index (χ0n) is 15.7. The van der Waals surface area contributed by atoms with Gasteiger partial charge in [-0.15, -0.1) is 0 Å². The van der Waals surface area contributed by atoms with Crippen LogP contribution in [0.15, 0.2) is 12.2 Å². The van der Waals surface area contributed by atoms with E-state index in [1.54, 1.807) is 6.92 Å². The van der Waals surface area contributed by atoms with Crippen molar-refractivity contribution in [2.75, 3.05) is 19.8 Å². The highest BCUT2D eigenvalue weighted by Crippen LogP contribution is 2.45. The maximum Gasteiger partial charge on any atom is 0.332 e. The highest BCUT2D eigenvalue weighted by Gasteiger charge is 2.48. The molecule has 2 rings (SSSR count). The number of rotatable bonds is 13. The first-order chi connectivity index (χ1) is 12.1. The fourth-order valence-corrected chi connectivity index (χ4v) is 3.87. The van der Waals surface area contributed by atoms with Gasteiger partial charge in [0.05, 0.1) is 25.4 Å². The number of aliphatic carboxylic acids is 1. The first-order valence-corrected chi connectivity index (χ1v) is 9.86. The number of allylic oxidation sites excluding steroid dienone is 1. The Morgan fingerprint density at radius 2 is 1.96 bits per heavy atom. The lowest BCUT2D eigenvalue weighted by Gasteiger charge is -2.27. The van der Waals surface area contributed by atoms with Gasteiger partial charge in [-0.3, -0.25) is 0 Å². The molecule has 2 aliphatic heterocycles. The molecule has 5 heteroatoms. The van der Waals surface area contributed by atoms with Gasteiger partial charge in [0.25, 0.3) is 0 Å². The van der Waals surface area contributed by atoms with Crippen LogP contribution in [0.2, 0.25) is 0 Å². The average Bonchev–Trinajstić information content (AvgIpc) is 3.19. The number of carboxylic acid groups (broad SMARTS) is 1. The van der Waals surface area contributed by atoms with Gasteiger partial charge >= 0.3 is 5.97 Å². The standard InChI is InChI=1S/C20H34O5/c1-3-4-5-7-12-23-14-17-16(18-10-11-19(17)25-18)9-6-8-13-24-15(2)20(21)22/h6,8,15-19H,3-5,7,9-14H2,1-2H3,(H,21,22)/b8-6-/t15-,16?,17-,18+,19-/m1/s1. The Kier molecular flexibility index (Phi) is 8.93. The lowest BCUT2D eigenvalue weighted by molar-refractivity contribution is -0.148. The Balaban J connectivity index is 1.67. The zero-order chi connectivity index (χ0) is 18.1. The summed E-state index contributed by atoms with van der Waals surface area (Å²) in [6.07, 6.45) is 12.2. The van der Waals surface area contributed by atoms with Crippen molar-refractivity contribution in [2.45, 2.75) is 77.1 Å². The third kappa shape index (κ3) is 6.39. The van der Waals surface area contributed by atoms with Crippen molar-refractivity contribution in [3.8, 4) is 0 Å². The first-order valence-electron chi connectivity index (χ1n) is 9.86. The van der Waals surface area contributed by atoms with Crippen LogP contribution in [0, 0.1) is 11.8 Å². The predicted octanol–water partition coefficient (Wildman–Crippen LogP) is 3.81. The predicted molar refractivity (Wildman–Crippen MR) is 96.6 cm³/mol. The van der Waals surface area contributed by atoms with Crippen molar-refractivity contribution in [2.24, 2.45) is 11.8 Å². The summed E-state index contributed by atoms with van der Waals surface area (Å²) in [4.78, 5) is 10.7. The smallest absolute Gasteiger partial charge is 0.332 e. The molecule has 0 aliphatic carbocycles. The second-order valence-electron chi connectivity index (χ2n) is 7.27. The number of fused-ring (bicyclic) bond motifs is 2. The molecule has 0 aromatic heterocycles. The second-order valence-corrected chi connectivity index (χ2v) is 7.27. The summed E-state index contributed by atoms with van der Waals surface area (Å²) in [6.45, 7) is 5.77. The number of hydrogen-bond donors (Lipinski definition) is 1. The molecule has 2 bridgehead atoms. The van der Waals surface area contributed by atoms with Crippen LogP contribution in [0.5, 0.6) is 0 Å². The van der Waals surface area contributed by atoms with E-state index in [9.17, 15) is 4.79 Å². The van der Waals surface area contributed by atoms with Crippen molar-refractivity contribution >= 4 is 5.97 Å². The molecular formula is C20H34O5. The van der Waals surface area contributed by atoms with Crippen LogP contribution in [0.25, 0.3) is 0 Å². The fraction of sp³-hybridized carbons (Fsp3) is 0.850. The maximum atomic E-state index is 10.7. The molecule has 2 aliphatic rings. The Bertz CT molecular complexity index is 422. The third-order valence-electron chi connectivity index (χ3n) is 5.41. The second kappa shape index (κ2) is 10.9. The Labute approximate surface area is 151 Å². The van der Waals surface area contributed by atoms with Gasteiger partial charge in [-0.25, -0.2) is 4.79 Å². The van der Waals surface area contributed by atoms with Crippen LogP contribution in [0.1, 0.15) is 58.8 Å². The summed E-state index contributed by atoms with van der Waals surface area (Å²) in [5.41, 5.74) is 0. The molecule has 0 aromatic carbocycles. The number of ether oxygens (including phenoxy) is 3. The molecule has 2 saturated heterocycles. The number of unbranched alkanes of at least 4 members (excludes halogenated alkanes) is 3. The molecular weight excluding hydrogens is 320 g/mol. The molecule has 2 fully saturated rings. The number of carboxylic acids is 1. The maximum absolute atomic E-state index is 10.7. The van der Waals surface area contributed by atoms with Crippen LogP contribution >= 0.6 is 0 Å². The topological polar surface area (TPSA) is 65.0 Å². The van der Waals surface area contributed by atoms with Crippen molar-refractivity contribution in [1.29, 1.82) is 0 Å². The summed E-state index contributed by atoms with van der Waals surface area (Å²) in [5, 5.41) is 8.79. The third-order valence-corrected chi connectivity index (χ3v) is 5.41. The Morgan fingerprint density at radius 3 is 2.68 bits per heavy atom. The molecule has 5 nitrogen and oxygen atoms in total. The van der Waals surface area contributed by atoms with Gasteiger partial charge in [0.1, 0.15) is 0 Å². The van der Waals surface area contributed by atoms with Crippen molar-refractivity contribution < 1.29 is 24.1 Å². The molecule has 5 atom stereocenters. The van der Waals surface area contributed by atoms with E-state index in [1.807, 2.05) is 6.08 Å². The summed E-state index contributed by atoms with van der Waals surface area (Å²) >= 11 is 0. The van der Waals surface area contributed by atoms with E-state index in [2.05, 4.69) is 13.0 Å². The van der Waals surface area contributed by atoms with Gasteiger partial charge in [0, 0.05) is 12.5 Å². The van der Waals surface area contributed by atoms with E-state index in [-0.39, 0.29) is 0 Å². The van der Waals surface area contributed by atoms with E-state index in [0.717, 1.165) is 38.9 Å². The van der Waals surface area contributed by atoms with Crippen LogP contribution in [-0.4, -0.2) is 49.2 Å². The number of hydrogen-bond acceptors (Lipinski definition) is 4. The summed E-state index contributed by atoms with van der Waals surface area (Å²) in [6, 6.07) is 0. The minimum absolute atomic E-state index is 0.341. The van der Waals surface area contributed by atoms with E-state index < -0.39 is 12.1 Å². The van der Waals surface area contributed by atoms with Gasteiger partial charge in [-0.05, 0) is 38.5 Å². The lowest BCUT2D eigenvalue weighted by Crippen LogP contribution is -2.30. The summed E-state index contributed by atoms with van der Waals surface area (Å²) in [7, 11) is 0. The fourth-order valence-electron chi connectivity index (χ4n) is 3.87. The van der Waals surface area contributed by atoms with Crippen molar-refractivity contribution in [3.63, 3.8) is 0 Å². The average molecular weight is 354 g/mol. The van der Waals surface area contributed by atoms with Gasteiger partial charge < -0.3 is 19.3 Å². The van der Waals surface area contributed by atoms with Crippen LogP contribution in [-0.2, 0) is 19.0 Å². The number of carbonyl (C=O) groups is 1. The molecule has 0 aromatic rings. The van der Waals surface area contributed by atoms with Gasteiger partial charge in [-0.1, -0.05) is 38.3 Å². The van der Waals surface area contributed by atoms with E-state index >= 15 is 0 Å². The first kappa shape index (κ1) is 20.4. The Morgan fingerprint density at radius 1 is 1.20 bits per heavy atom. The minimum Gasteiger partial charge on any atom is -0.479 e. The molecule has 1 N–H and O–H groups in total. The molecule has 0 spiro atoms. The molecule has 144 valence electrons. The quantitative estimate of drug-likeness (QED) is 0.402. The van der Waals surface area contributed by atoms with Crippen LogP contribution in [0.4, 0.5) is 0 Å². The van der Waals surface area contributed by atoms with Crippen LogP contribution in [0.3, 0.4) is 0 Å². The summed E-state index contributed by atoms with van der Waals surface area (Å²) < 4.78 is 17.3. The summed E-state index contributed by atoms with van der Waals surface area (Å²) in [5.74, 6) is 0.0852. The van der Waals surface area contributed by atoms with E-state index in [0.29, 0.717) is 30.7 Å². The van der Waals surface area contributed by atoms with Crippen molar-refractivity contribution in [3.05, 3.63) is 12.2 Å². The molecule has 2 heterocycles.